The third-order valence-corrected chi connectivity index (χ3v) is 3.08. The lowest BCUT2D eigenvalue weighted by atomic mass is 10.4. The molecule has 0 fully saturated rings. The van der Waals surface area contributed by atoms with Gasteiger partial charge in [0.15, 0.2) is 0 Å². The minimum Gasteiger partial charge on any atom is -0.350 e. The molecule has 0 aliphatic carbocycles. The van der Waals surface area contributed by atoms with Crippen molar-refractivity contribution in [3.63, 3.8) is 0 Å². The number of carbonyl (C=O) groups is 1. The predicted octanol–water partition coefficient (Wildman–Crippen LogP) is 1.85. The summed E-state index contributed by atoms with van der Waals surface area (Å²) in [5.74, 6) is 1.53. The monoisotopic (exact) mass is 314 g/mol. The van der Waals surface area contributed by atoms with Gasteiger partial charge in [-0.3, -0.25) is 4.79 Å². The van der Waals surface area contributed by atoms with Crippen molar-refractivity contribution in [3.8, 4) is 0 Å². The molecular formula is C12H19BrN4O. The van der Waals surface area contributed by atoms with E-state index in [-0.39, 0.29) is 5.91 Å². The van der Waals surface area contributed by atoms with Gasteiger partial charge in [0.25, 0.3) is 0 Å². The summed E-state index contributed by atoms with van der Waals surface area (Å²) >= 11 is 3.33. The molecule has 1 heterocycles. The molecule has 0 aliphatic heterocycles. The van der Waals surface area contributed by atoms with Crippen LogP contribution in [0.2, 0.25) is 0 Å². The Hall–Kier alpha value is -1.17. The molecule has 0 saturated carbocycles. The Morgan fingerprint density at radius 1 is 1.33 bits per heavy atom. The number of anilines is 1. The Labute approximate surface area is 116 Å². The smallest absolute Gasteiger partial charge is 0.242 e. The predicted molar refractivity (Wildman–Crippen MR) is 75.7 cm³/mol. The molecule has 1 aromatic heterocycles. The van der Waals surface area contributed by atoms with E-state index in [2.05, 4.69) is 25.9 Å². The van der Waals surface area contributed by atoms with Gasteiger partial charge in [-0.1, -0.05) is 0 Å². The summed E-state index contributed by atoms with van der Waals surface area (Å²) in [4.78, 5) is 24.1. The Morgan fingerprint density at radius 3 is 2.44 bits per heavy atom. The third-order valence-electron chi connectivity index (χ3n) is 2.67. The SMILES string of the molecule is CCN(CC)C(=O)CN(C)c1cc(Br)nc(C)n1. The minimum absolute atomic E-state index is 0.106. The normalized spacial score (nSPS) is 10.3. The van der Waals surface area contributed by atoms with Crippen LogP contribution in [0.15, 0.2) is 10.7 Å². The molecular weight excluding hydrogens is 296 g/mol. The topological polar surface area (TPSA) is 49.3 Å². The molecule has 0 aromatic carbocycles. The largest absolute Gasteiger partial charge is 0.350 e. The summed E-state index contributed by atoms with van der Waals surface area (Å²) in [6.45, 7) is 7.57. The molecule has 6 heteroatoms. The van der Waals surface area contributed by atoms with E-state index < -0.39 is 0 Å². The molecule has 0 saturated heterocycles. The molecule has 0 N–H and O–H groups in total. The number of amides is 1. The number of hydrogen-bond acceptors (Lipinski definition) is 4. The third kappa shape index (κ3) is 3.94. The highest BCUT2D eigenvalue weighted by Crippen LogP contribution is 2.15. The van der Waals surface area contributed by atoms with Gasteiger partial charge in [-0.05, 0) is 36.7 Å². The Bertz CT molecular complexity index is 400. The van der Waals surface area contributed by atoms with Crippen LogP contribution in [-0.4, -0.2) is 47.5 Å². The van der Waals surface area contributed by atoms with Gasteiger partial charge in [0, 0.05) is 26.2 Å². The van der Waals surface area contributed by atoms with E-state index in [4.69, 9.17) is 0 Å². The van der Waals surface area contributed by atoms with Crippen molar-refractivity contribution in [1.82, 2.24) is 14.9 Å². The molecule has 5 nitrogen and oxygen atoms in total. The van der Waals surface area contributed by atoms with E-state index in [9.17, 15) is 4.79 Å². The van der Waals surface area contributed by atoms with E-state index >= 15 is 0 Å². The number of hydrogen-bond donors (Lipinski definition) is 0. The minimum atomic E-state index is 0.106. The van der Waals surface area contributed by atoms with Crippen LogP contribution < -0.4 is 4.90 Å². The first-order chi connectivity index (χ1) is 8.47. The fourth-order valence-corrected chi connectivity index (χ4v) is 2.13. The van der Waals surface area contributed by atoms with Gasteiger partial charge in [0.05, 0.1) is 6.54 Å². The highest BCUT2D eigenvalue weighted by molar-refractivity contribution is 9.10. The number of carbonyl (C=O) groups excluding carboxylic acids is 1. The Morgan fingerprint density at radius 2 is 1.94 bits per heavy atom. The lowest BCUT2D eigenvalue weighted by Gasteiger charge is -2.23. The molecule has 0 radical (unpaired) electrons. The lowest BCUT2D eigenvalue weighted by molar-refractivity contribution is -0.129. The molecule has 100 valence electrons. The van der Waals surface area contributed by atoms with Crippen molar-refractivity contribution in [2.45, 2.75) is 20.8 Å². The van der Waals surface area contributed by atoms with Gasteiger partial charge >= 0.3 is 0 Å². The van der Waals surface area contributed by atoms with Crippen LogP contribution in [0, 0.1) is 6.92 Å². The second kappa shape index (κ2) is 6.68. The van der Waals surface area contributed by atoms with Gasteiger partial charge in [-0.25, -0.2) is 9.97 Å². The van der Waals surface area contributed by atoms with Crippen LogP contribution in [0.3, 0.4) is 0 Å². The van der Waals surface area contributed by atoms with Crippen LogP contribution in [0.4, 0.5) is 5.82 Å². The molecule has 0 unspecified atom stereocenters. The van der Waals surface area contributed by atoms with Gasteiger partial charge < -0.3 is 9.80 Å². The number of nitrogens with zero attached hydrogens (tertiary/aromatic N) is 4. The fourth-order valence-electron chi connectivity index (χ4n) is 1.67. The van der Waals surface area contributed by atoms with Crippen molar-refractivity contribution in [1.29, 1.82) is 0 Å². The van der Waals surface area contributed by atoms with Crippen LogP contribution in [-0.2, 0) is 4.79 Å². The molecule has 1 aromatic rings. The zero-order valence-electron chi connectivity index (χ0n) is 11.3. The molecule has 0 bridgehead atoms. The lowest BCUT2D eigenvalue weighted by Crippen LogP contribution is -2.39. The summed E-state index contributed by atoms with van der Waals surface area (Å²) in [6, 6.07) is 1.81. The standard InChI is InChI=1S/C12H19BrN4O/c1-5-17(6-2)12(18)8-16(4)11-7-10(13)14-9(3)15-11/h7H,5-6,8H2,1-4H3. The zero-order chi connectivity index (χ0) is 13.7. The van der Waals surface area contributed by atoms with Crippen molar-refractivity contribution in [3.05, 3.63) is 16.5 Å². The van der Waals surface area contributed by atoms with Gasteiger partial charge in [-0.2, -0.15) is 0 Å². The average Bonchev–Trinajstić information content (AvgIpc) is 2.29. The first-order valence-corrected chi connectivity index (χ1v) is 6.77. The van der Waals surface area contributed by atoms with E-state index in [0.29, 0.717) is 12.4 Å². The average molecular weight is 315 g/mol. The fraction of sp³-hybridized carbons (Fsp3) is 0.583. The summed E-state index contributed by atoms with van der Waals surface area (Å²) < 4.78 is 0.729. The number of aryl methyl sites for hydroxylation is 1. The maximum Gasteiger partial charge on any atom is 0.242 e. The van der Waals surface area contributed by atoms with Gasteiger partial charge in [0.1, 0.15) is 16.2 Å². The van der Waals surface area contributed by atoms with E-state index in [1.165, 1.54) is 0 Å². The zero-order valence-corrected chi connectivity index (χ0v) is 12.9. The van der Waals surface area contributed by atoms with E-state index in [0.717, 1.165) is 23.5 Å². The second-order valence-corrected chi connectivity index (χ2v) is 4.83. The quantitative estimate of drug-likeness (QED) is 0.778. The molecule has 1 rings (SSSR count). The number of likely N-dealkylation sites (N-methyl/N-ethyl adjacent to an activating group) is 2. The summed E-state index contributed by atoms with van der Waals surface area (Å²) in [7, 11) is 1.86. The number of halogens is 1. The summed E-state index contributed by atoms with van der Waals surface area (Å²) in [5, 5.41) is 0. The van der Waals surface area contributed by atoms with Crippen molar-refractivity contribution in [2.24, 2.45) is 0 Å². The first-order valence-electron chi connectivity index (χ1n) is 5.98. The molecule has 18 heavy (non-hydrogen) atoms. The van der Waals surface area contributed by atoms with Crippen molar-refractivity contribution in [2.75, 3.05) is 31.6 Å². The number of rotatable bonds is 5. The van der Waals surface area contributed by atoms with Crippen molar-refractivity contribution >= 4 is 27.7 Å². The summed E-state index contributed by atoms with van der Waals surface area (Å²) in [5.41, 5.74) is 0. The van der Waals surface area contributed by atoms with Crippen LogP contribution in [0.1, 0.15) is 19.7 Å². The number of aromatic nitrogens is 2. The maximum absolute atomic E-state index is 12.0. The highest BCUT2D eigenvalue weighted by atomic mass is 79.9. The van der Waals surface area contributed by atoms with E-state index in [1.54, 1.807) is 4.90 Å². The van der Waals surface area contributed by atoms with E-state index in [1.807, 2.05) is 38.8 Å². The van der Waals surface area contributed by atoms with Gasteiger partial charge in [0.2, 0.25) is 5.91 Å². The first kappa shape index (κ1) is 14.9. The molecule has 0 atom stereocenters. The Kier molecular flexibility index (Phi) is 5.53. The van der Waals surface area contributed by atoms with Crippen LogP contribution in [0.5, 0.6) is 0 Å². The molecule has 0 aliphatic rings. The molecule has 0 spiro atoms. The van der Waals surface area contributed by atoms with Crippen LogP contribution >= 0.6 is 15.9 Å². The second-order valence-electron chi connectivity index (χ2n) is 4.02. The van der Waals surface area contributed by atoms with Crippen molar-refractivity contribution < 1.29 is 4.79 Å². The summed E-state index contributed by atoms with van der Waals surface area (Å²) in [6.07, 6.45) is 0. The maximum atomic E-state index is 12.0. The van der Waals surface area contributed by atoms with Gasteiger partial charge in [-0.15, -0.1) is 0 Å². The molecule has 1 amide bonds. The Balaban J connectivity index is 2.75. The highest BCUT2D eigenvalue weighted by Gasteiger charge is 2.14. The van der Waals surface area contributed by atoms with Crippen LogP contribution in [0.25, 0.3) is 0 Å².